The fourth-order valence-electron chi connectivity index (χ4n) is 1.22. The maximum atomic E-state index is 5.45. The second kappa shape index (κ2) is 6.40. The number of aromatic nitrogens is 2. The van der Waals surface area contributed by atoms with E-state index in [2.05, 4.69) is 20.2 Å². The minimum atomic E-state index is 0.458. The van der Waals surface area contributed by atoms with Gasteiger partial charge in [0.15, 0.2) is 0 Å². The summed E-state index contributed by atoms with van der Waals surface area (Å²) < 4.78 is 5.45. The average molecular weight is 224 g/mol. The Balaban J connectivity index is 2.52. The lowest BCUT2D eigenvalue weighted by molar-refractivity contribution is 0.245. The fraction of sp³-hybridized carbons (Fsp3) is 0.636. The second-order valence-corrected chi connectivity index (χ2v) is 3.95. The first kappa shape index (κ1) is 12.9. The number of hydrogen-bond acceptors (Lipinski definition) is 5. The first-order valence-electron chi connectivity index (χ1n) is 5.38. The molecule has 0 bridgehead atoms. The molecule has 0 aliphatic heterocycles. The summed E-state index contributed by atoms with van der Waals surface area (Å²) in [6, 6.07) is 0.458. The third-order valence-electron chi connectivity index (χ3n) is 2.20. The van der Waals surface area contributed by atoms with E-state index in [0.717, 1.165) is 24.3 Å². The molecule has 0 aromatic carbocycles. The summed E-state index contributed by atoms with van der Waals surface area (Å²) in [6.45, 7) is 4.22. The molecule has 1 rings (SSSR count). The van der Waals surface area contributed by atoms with Crippen molar-refractivity contribution in [2.24, 2.45) is 0 Å². The Bertz CT molecular complexity index is 328. The van der Waals surface area contributed by atoms with E-state index in [9.17, 15) is 0 Å². The van der Waals surface area contributed by atoms with E-state index >= 15 is 0 Å². The summed E-state index contributed by atoms with van der Waals surface area (Å²) in [7, 11) is 5.91. The van der Waals surface area contributed by atoms with Crippen LogP contribution in [0.2, 0.25) is 0 Å². The molecule has 1 N–H and O–H groups in total. The fourth-order valence-corrected chi connectivity index (χ4v) is 1.22. The third-order valence-corrected chi connectivity index (χ3v) is 2.20. The Morgan fingerprint density at radius 1 is 1.44 bits per heavy atom. The molecular formula is C11H20N4O. The van der Waals surface area contributed by atoms with E-state index in [0.29, 0.717) is 12.6 Å². The van der Waals surface area contributed by atoms with Crippen molar-refractivity contribution in [1.29, 1.82) is 0 Å². The van der Waals surface area contributed by atoms with Crippen LogP contribution in [0.5, 0.6) is 6.01 Å². The Morgan fingerprint density at radius 2 is 2.19 bits per heavy atom. The predicted molar refractivity (Wildman–Crippen MR) is 63.6 cm³/mol. The summed E-state index contributed by atoms with van der Waals surface area (Å²) in [5.41, 5.74) is 2.06. The van der Waals surface area contributed by atoms with Crippen molar-refractivity contribution in [3.05, 3.63) is 17.5 Å². The molecule has 0 saturated carbocycles. The van der Waals surface area contributed by atoms with Crippen molar-refractivity contribution < 1.29 is 4.74 Å². The maximum Gasteiger partial charge on any atom is 0.316 e. The molecule has 1 aromatic heterocycles. The van der Waals surface area contributed by atoms with Crippen LogP contribution in [-0.2, 0) is 6.54 Å². The molecule has 1 aromatic rings. The largest absolute Gasteiger partial charge is 0.462 e. The van der Waals surface area contributed by atoms with Gasteiger partial charge in [0, 0.05) is 30.5 Å². The highest BCUT2D eigenvalue weighted by molar-refractivity contribution is 5.17. The van der Waals surface area contributed by atoms with Crippen molar-refractivity contribution in [3.63, 3.8) is 0 Å². The molecule has 16 heavy (non-hydrogen) atoms. The molecule has 90 valence electrons. The average Bonchev–Trinajstić information content (AvgIpc) is 2.21. The normalized spacial score (nSPS) is 10.8. The zero-order chi connectivity index (χ0) is 12.0. The zero-order valence-corrected chi connectivity index (χ0v) is 10.4. The van der Waals surface area contributed by atoms with Gasteiger partial charge in [0.05, 0.1) is 0 Å². The van der Waals surface area contributed by atoms with Gasteiger partial charge in [0.1, 0.15) is 6.61 Å². The molecular weight excluding hydrogens is 204 g/mol. The van der Waals surface area contributed by atoms with Crippen molar-refractivity contribution in [3.8, 4) is 6.01 Å². The Hall–Kier alpha value is -1.20. The van der Waals surface area contributed by atoms with Gasteiger partial charge >= 0.3 is 6.01 Å². The summed E-state index contributed by atoms with van der Waals surface area (Å²) in [5.74, 6) is 0. The number of nitrogens with one attached hydrogen (secondary N) is 1. The van der Waals surface area contributed by atoms with E-state index in [1.54, 1.807) is 0 Å². The second-order valence-electron chi connectivity index (χ2n) is 3.95. The van der Waals surface area contributed by atoms with E-state index in [1.165, 1.54) is 0 Å². The number of hydrogen-bond donors (Lipinski definition) is 1. The Kier molecular flexibility index (Phi) is 5.14. The van der Waals surface area contributed by atoms with Gasteiger partial charge in [-0.1, -0.05) is 0 Å². The number of ether oxygens (including phenoxy) is 1. The Labute approximate surface area is 96.8 Å². The van der Waals surface area contributed by atoms with Gasteiger partial charge in [0.25, 0.3) is 0 Å². The quantitative estimate of drug-likeness (QED) is 0.760. The molecule has 0 aliphatic rings. The summed E-state index contributed by atoms with van der Waals surface area (Å²) >= 11 is 0. The monoisotopic (exact) mass is 224 g/mol. The highest BCUT2D eigenvalue weighted by Crippen LogP contribution is 2.08. The van der Waals surface area contributed by atoms with E-state index in [-0.39, 0.29) is 0 Å². The first-order valence-corrected chi connectivity index (χ1v) is 5.38. The molecule has 0 unspecified atom stereocenters. The molecule has 0 saturated heterocycles. The van der Waals surface area contributed by atoms with Crippen LogP contribution in [0.15, 0.2) is 6.20 Å². The Morgan fingerprint density at radius 3 is 2.75 bits per heavy atom. The number of rotatable bonds is 6. The SMILES string of the molecule is CNCc1cnc(OCCN(C)C)nc1C. The van der Waals surface area contributed by atoms with Gasteiger partial charge in [-0.05, 0) is 28.1 Å². The smallest absolute Gasteiger partial charge is 0.316 e. The summed E-state index contributed by atoms with van der Waals surface area (Å²) in [5, 5.41) is 3.07. The first-order chi connectivity index (χ1) is 7.63. The van der Waals surface area contributed by atoms with Crippen LogP contribution < -0.4 is 10.1 Å². The van der Waals surface area contributed by atoms with Crippen LogP contribution in [0.3, 0.4) is 0 Å². The summed E-state index contributed by atoms with van der Waals surface area (Å²) in [6.07, 6.45) is 1.81. The van der Waals surface area contributed by atoms with Gasteiger partial charge < -0.3 is 15.0 Å². The molecule has 0 fully saturated rings. The minimum absolute atomic E-state index is 0.458. The van der Waals surface area contributed by atoms with Crippen LogP contribution in [0.1, 0.15) is 11.3 Å². The molecule has 0 amide bonds. The van der Waals surface area contributed by atoms with Crippen molar-refractivity contribution in [1.82, 2.24) is 20.2 Å². The highest BCUT2D eigenvalue weighted by atomic mass is 16.5. The highest BCUT2D eigenvalue weighted by Gasteiger charge is 2.03. The number of likely N-dealkylation sites (N-methyl/N-ethyl adjacent to an activating group) is 1. The van der Waals surface area contributed by atoms with Gasteiger partial charge in [-0.25, -0.2) is 9.97 Å². The van der Waals surface area contributed by atoms with Crippen LogP contribution in [0, 0.1) is 6.92 Å². The van der Waals surface area contributed by atoms with Crippen molar-refractivity contribution in [2.45, 2.75) is 13.5 Å². The molecule has 5 heteroatoms. The van der Waals surface area contributed by atoms with Crippen LogP contribution in [0.4, 0.5) is 0 Å². The maximum absolute atomic E-state index is 5.45. The number of nitrogens with zero attached hydrogens (tertiary/aromatic N) is 3. The molecule has 0 atom stereocenters. The molecule has 0 spiro atoms. The molecule has 5 nitrogen and oxygen atoms in total. The van der Waals surface area contributed by atoms with E-state index < -0.39 is 0 Å². The lowest BCUT2D eigenvalue weighted by Crippen LogP contribution is -2.20. The zero-order valence-electron chi connectivity index (χ0n) is 10.4. The number of aryl methyl sites for hydroxylation is 1. The van der Waals surface area contributed by atoms with E-state index in [4.69, 9.17) is 4.74 Å². The van der Waals surface area contributed by atoms with Crippen LogP contribution >= 0.6 is 0 Å². The van der Waals surface area contributed by atoms with Crippen molar-refractivity contribution >= 4 is 0 Å². The van der Waals surface area contributed by atoms with E-state index in [1.807, 2.05) is 34.3 Å². The third kappa shape index (κ3) is 4.12. The summed E-state index contributed by atoms with van der Waals surface area (Å²) in [4.78, 5) is 10.5. The van der Waals surface area contributed by atoms with Gasteiger partial charge in [-0.2, -0.15) is 0 Å². The standard InChI is InChI=1S/C11H20N4O/c1-9-10(7-12-2)8-13-11(14-9)16-6-5-15(3)4/h8,12H,5-7H2,1-4H3. The van der Waals surface area contributed by atoms with Gasteiger partial charge in [-0.15, -0.1) is 0 Å². The molecule has 0 radical (unpaired) electrons. The van der Waals surface area contributed by atoms with Crippen LogP contribution in [0.25, 0.3) is 0 Å². The lowest BCUT2D eigenvalue weighted by atomic mass is 10.2. The minimum Gasteiger partial charge on any atom is -0.462 e. The molecule has 0 aliphatic carbocycles. The lowest BCUT2D eigenvalue weighted by Gasteiger charge is -2.10. The van der Waals surface area contributed by atoms with Crippen molar-refractivity contribution in [2.75, 3.05) is 34.3 Å². The topological polar surface area (TPSA) is 50.3 Å². The predicted octanol–water partition coefficient (Wildman–Crippen LogP) is 0.445. The van der Waals surface area contributed by atoms with Crippen LogP contribution in [-0.4, -0.2) is 49.2 Å². The molecule has 1 heterocycles. The van der Waals surface area contributed by atoms with Gasteiger partial charge in [-0.3, -0.25) is 0 Å². The van der Waals surface area contributed by atoms with Gasteiger partial charge in [0.2, 0.25) is 0 Å².